The third kappa shape index (κ3) is 8.19. The number of alkyl halides is 1. The van der Waals surface area contributed by atoms with Crippen molar-refractivity contribution in [2.45, 2.75) is 58.2 Å². The normalized spacial score (nSPS) is 16.1. The van der Waals surface area contributed by atoms with E-state index in [1.165, 1.54) is 7.11 Å². The minimum Gasteiger partial charge on any atom is -0.480 e. The summed E-state index contributed by atoms with van der Waals surface area (Å²) in [7, 11) is 3.25. The molecule has 0 aromatic carbocycles. The van der Waals surface area contributed by atoms with Gasteiger partial charge in [-0.15, -0.1) is 0 Å². The van der Waals surface area contributed by atoms with Crippen LogP contribution in [0.2, 0.25) is 0 Å². The van der Waals surface area contributed by atoms with Gasteiger partial charge in [0.25, 0.3) is 0 Å². The summed E-state index contributed by atoms with van der Waals surface area (Å²) < 4.78 is 25.9. The zero-order chi connectivity index (χ0) is 27.0. The highest BCUT2D eigenvalue weighted by Crippen LogP contribution is 2.26. The van der Waals surface area contributed by atoms with Crippen LogP contribution >= 0.6 is 0 Å². The average molecular weight is 520 g/mol. The number of nitrogens with one attached hydrogen (secondary N) is 4. The third-order valence-corrected chi connectivity index (χ3v) is 5.58. The number of hydrogen-bond acceptors (Lipinski definition) is 10. The lowest BCUT2D eigenvalue weighted by Gasteiger charge is -2.19. The van der Waals surface area contributed by atoms with Crippen LogP contribution < -0.4 is 20.9 Å². The highest BCUT2D eigenvalue weighted by molar-refractivity contribution is 5.96. The summed E-state index contributed by atoms with van der Waals surface area (Å²) in [4.78, 5) is 27.1. The van der Waals surface area contributed by atoms with Gasteiger partial charge in [0, 0.05) is 32.9 Å². The Morgan fingerprint density at radius 3 is 2.70 bits per heavy atom. The molecule has 3 rings (SSSR count). The van der Waals surface area contributed by atoms with Gasteiger partial charge in [-0.25, -0.2) is 14.2 Å². The number of amides is 1. The van der Waals surface area contributed by atoms with E-state index < -0.39 is 17.9 Å². The quantitative estimate of drug-likeness (QED) is 0.200. The van der Waals surface area contributed by atoms with E-state index in [-0.39, 0.29) is 12.4 Å². The summed E-state index contributed by atoms with van der Waals surface area (Å²) in [5, 5.41) is 17.3. The van der Waals surface area contributed by atoms with Crippen LogP contribution in [-0.2, 0) is 16.5 Å². The van der Waals surface area contributed by atoms with Gasteiger partial charge >= 0.3 is 6.09 Å². The van der Waals surface area contributed by atoms with Gasteiger partial charge < -0.3 is 34.9 Å². The zero-order valence-electron chi connectivity index (χ0n) is 22.2. The number of hydrogen-bond donors (Lipinski definition) is 4. The lowest BCUT2D eigenvalue weighted by atomic mass is 10.2. The topological polar surface area (TPSA) is 142 Å². The number of aromatic nitrogens is 4. The molecule has 1 aliphatic rings. The van der Waals surface area contributed by atoms with Gasteiger partial charge in [-0.1, -0.05) is 0 Å². The number of carbonyl (C=O) groups is 1. The van der Waals surface area contributed by atoms with Gasteiger partial charge in [0.1, 0.15) is 17.5 Å². The Bertz CT molecular complexity index is 1110. The van der Waals surface area contributed by atoms with Gasteiger partial charge in [0.05, 0.1) is 20.0 Å². The van der Waals surface area contributed by atoms with Gasteiger partial charge in [0.2, 0.25) is 11.8 Å². The summed E-state index contributed by atoms with van der Waals surface area (Å²) in [5.74, 6) is 0.740. The molecule has 1 aliphatic heterocycles. The Kier molecular flexibility index (Phi) is 9.48. The Balaban J connectivity index is 1.58. The maximum Gasteiger partial charge on any atom is 0.407 e. The number of halogens is 1. The van der Waals surface area contributed by atoms with Crippen LogP contribution in [0.1, 0.15) is 46.5 Å². The summed E-state index contributed by atoms with van der Waals surface area (Å²) in [5.41, 5.74) is 1.000. The minimum atomic E-state index is -0.906. The van der Waals surface area contributed by atoms with E-state index in [9.17, 15) is 9.18 Å². The molecule has 1 amide bonds. The van der Waals surface area contributed by atoms with Crippen LogP contribution in [0.4, 0.5) is 21.0 Å². The Morgan fingerprint density at radius 2 is 2.03 bits per heavy atom. The summed E-state index contributed by atoms with van der Waals surface area (Å²) in [6.07, 6.45) is 5.00. The predicted molar refractivity (Wildman–Crippen MR) is 141 cm³/mol. The fraction of sp³-hybridized carbons (Fsp3) is 0.625. The molecule has 0 spiro atoms. The van der Waals surface area contributed by atoms with Crippen LogP contribution in [0, 0.1) is 5.41 Å². The van der Waals surface area contributed by atoms with Crippen molar-refractivity contribution in [3.8, 4) is 0 Å². The maximum absolute atomic E-state index is 13.8. The number of methoxy groups -OCH3 is 1. The van der Waals surface area contributed by atoms with E-state index in [0.717, 1.165) is 19.3 Å². The highest BCUT2D eigenvalue weighted by atomic mass is 19.1. The van der Waals surface area contributed by atoms with Crippen molar-refractivity contribution in [1.82, 2.24) is 30.2 Å². The van der Waals surface area contributed by atoms with Gasteiger partial charge in [-0.05, 0) is 46.5 Å². The fourth-order valence-electron chi connectivity index (χ4n) is 3.73. The third-order valence-electron chi connectivity index (χ3n) is 5.58. The molecule has 1 fully saturated rings. The lowest BCUT2D eigenvalue weighted by molar-refractivity contribution is 0.0527. The van der Waals surface area contributed by atoms with Crippen molar-refractivity contribution in [1.29, 1.82) is 5.41 Å². The van der Waals surface area contributed by atoms with E-state index in [2.05, 4.69) is 30.9 Å². The predicted octanol–water partition coefficient (Wildman–Crippen LogP) is 3.07. The molecule has 0 aliphatic carbocycles. The van der Waals surface area contributed by atoms with E-state index in [4.69, 9.17) is 14.9 Å². The molecule has 1 saturated heterocycles. The second-order valence-corrected chi connectivity index (χ2v) is 9.89. The van der Waals surface area contributed by atoms with Crippen LogP contribution in [-0.4, -0.2) is 76.6 Å². The van der Waals surface area contributed by atoms with Gasteiger partial charge in [-0.2, -0.15) is 9.97 Å². The van der Waals surface area contributed by atoms with Crippen molar-refractivity contribution in [2.24, 2.45) is 7.05 Å². The molecular weight excluding hydrogens is 481 g/mol. The van der Waals surface area contributed by atoms with Crippen molar-refractivity contribution in [3.05, 3.63) is 18.2 Å². The second kappa shape index (κ2) is 12.5. The van der Waals surface area contributed by atoms with E-state index in [1.807, 2.05) is 32.7 Å². The van der Waals surface area contributed by atoms with Crippen LogP contribution in [0.3, 0.4) is 0 Å². The smallest absolute Gasteiger partial charge is 0.407 e. The number of anilines is 2. The number of nitrogens with zero attached hydrogens (tertiary/aromatic N) is 5. The molecule has 2 aromatic heterocycles. The van der Waals surface area contributed by atoms with Crippen molar-refractivity contribution in [3.63, 3.8) is 0 Å². The molecule has 0 radical (unpaired) electrons. The molecular formula is C24H38FN9O3. The first-order valence-electron chi connectivity index (χ1n) is 12.5. The first-order valence-corrected chi connectivity index (χ1v) is 12.5. The number of aryl methyl sites for hydroxylation is 1. The Hall–Kier alpha value is -3.64. The largest absolute Gasteiger partial charge is 0.480 e. The SMILES string of the molecule is COC(=N)/C(=C\NCCCCCNC(=O)OC(C)(C)C)Nc1nc(N2CC[C@H](F)C2)nc2c1ncn2C. The monoisotopic (exact) mass is 519 g/mol. The van der Waals surface area contributed by atoms with Crippen molar-refractivity contribution >= 4 is 34.9 Å². The Labute approximate surface area is 216 Å². The molecule has 1 atom stereocenters. The van der Waals surface area contributed by atoms with Crippen LogP contribution in [0.5, 0.6) is 0 Å². The first kappa shape index (κ1) is 27.9. The highest BCUT2D eigenvalue weighted by Gasteiger charge is 2.26. The van der Waals surface area contributed by atoms with Gasteiger partial charge in [0.15, 0.2) is 17.0 Å². The number of imidazole rings is 1. The summed E-state index contributed by atoms with van der Waals surface area (Å²) in [6.45, 7) is 7.47. The fourth-order valence-corrected chi connectivity index (χ4v) is 3.73. The number of unbranched alkanes of at least 4 members (excludes halogenated alkanes) is 2. The molecule has 4 N–H and O–H groups in total. The average Bonchev–Trinajstić information content (AvgIpc) is 3.44. The molecule has 12 nitrogen and oxygen atoms in total. The first-order chi connectivity index (χ1) is 17.6. The lowest BCUT2D eigenvalue weighted by Crippen LogP contribution is -2.33. The number of carbonyl (C=O) groups excluding carboxylic acids is 1. The number of rotatable bonds is 11. The van der Waals surface area contributed by atoms with E-state index >= 15 is 0 Å². The zero-order valence-corrected chi connectivity index (χ0v) is 22.2. The van der Waals surface area contributed by atoms with Crippen LogP contribution in [0.25, 0.3) is 11.2 Å². The maximum atomic E-state index is 13.8. The summed E-state index contributed by atoms with van der Waals surface area (Å²) in [6, 6.07) is 0. The van der Waals surface area contributed by atoms with Crippen molar-refractivity contribution in [2.75, 3.05) is 43.5 Å². The number of ether oxygens (including phenoxy) is 2. The van der Waals surface area contributed by atoms with Crippen molar-refractivity contribution < 1.29 is 18.7 Å². The molecule has 37 heavy (non-hydrogen) atoms. The molecule has 0 bridgehead atoms. The number of fused-ring (bicyclic) bond motifs is 1. The van der Waals surface area contributed by atoms with E-state index in [0.29, 0.717) is 54.7 Å². The van der Waals surface area contributed by atoms with Crippen LogP contribution in [0.15, 0.2) is 18.2 Å². The van der Waals surface area contributed by atoms with Gasteiger partial charge in [-0.3, -0.25) is 5.41 Å². The molecule has 3 heterocycles. The molecule has 13 heteroatoms. The molecule has 204 valence electrons. The molecule has 0 saturated carbocycles. The Morgan fingerprint density at radius 1 is 1.27 bits per heavy atom. The second-order valence-electron chi connectivity index (χ2n) is 9.89. The van der Waals surface area contributed by atoms with E-state index in [1.54, 1.807) is 17.1 Å². The number of alkyl carbamates (subject to hydrolysis) is 1. The summed E-state index contributed by atoms with van der Waals surface area (Å²) >= 11 is 0. The standard InChI is InChI=1S/C24H38FN9O3/c1-24(2,3)37-23(35)28-11-8-6-7-10-27-13-17(19(26)36-5)30-20-18-21(33(4)15-29-18)32-22(31-20)34-12-9-16(25)14-34/h13,15-16,26-27H,6-12,14H2,1-5H3,(H,28,35)(H,30,31,32)/b17-13+,26-19?/t16-/m0/s1. The molecule has 0 unspecified atom stereocenters. The minimum absolute atomic E-state index is 0.0803. The molecule has 2 aromatic rings.